The number of rotatable bonds is 5. The predicted molar refractivity (Wildman–Crippen MR) is 70.9 cm³/mol. The van der Waals surface area contributed by atoms with Gasteiger partial charge in [0.05, 0.1) is 23.9 Å². The van der Waals surface area contributed by atoms with Crippen molar-refractivity contribution in [3.05, 3.63) is 52.4 Å². The van der Waals surface area contributed by atoms with Gasteiger partial charge < -0.3 is 14.5 Å². The number of hydrogen-bond acceptors (Lipinski definition) is 3. The Balaban J connectivity index is 2.06. The highest BCUT2D eigenvalue weighted by molar-refractivity contribution is 9.10. The molecule has 17 heavy (non-hydrogen) atoms. The summed E-state index contributed by atoms with van der Waals surface area (Å²) in [5.41, 5.74) is 2.20. The molecular formula is C13H14BrNO2. The summed E-state index contributed by atoms with van der Waals surface area (Å²) in [5.74, 6) is 0.886. The van der Waals surface area contributed by atoms with Crippen molar-refractivity contribution in [1.82, 2.24) is 0 Å². The Kier molecular flexibility index (Phi) is 4.23. The van der Waals surface area contributed by atoms with Gasteiger partial charge in [0.15, 0.2) is 0 Å². The monoisotopic (exact) mass is 295 g/mol. The van der Waals surface area contributed by atoms with Crippen LogP contribution in [0.1, 0.15) is 11.3 Å². The van der Waals surface area contributed by atoms with E-state index in [-0.39, 0.29) is 0 Å². The highest BCUT2D eigenvalue weighted by atomic mass is 79.9. The van der Waals surface area contributed by atoms with Crippen LogP contribution in [0.25, 0.3) is 0 Å². The summed E-state index contributed by atoms with van der Waals surface area (Å²) >= 11 is 3.43. The van der Waals surface area contributed by atoms with Crippen molar-refractivity contribution in [3.8, 4) is 0 Å². The van der Waals surface area contributed by atoms with Gasteiger partial charge in [-0.1, -0.05) is 18.2 Å². The second-order valence-corrected chi connectivity index (χ2v) is 4.49. The molecule has 0 atom stereocenters. The second-order valence-electron chi connectivity index (χ2n) is 3.64. The van der Waals surface area contributed by atoms with E-state index in [1.165, 1.54) is 0 Å². The van der Waals surface area contributed by atoms with E-state index in [1.54, 1.807) is 13.4 Å². The third-order valence-electron chi connectivity index (χ3n) is 2.45. The molecule has 90 valence electrons. The second kappa shape index (κ2) is 5.89. The van der Waals surface area contributed by atoms with E-state index in [0.29, 0.717) is 13.2 Å². The van der Waals surface area contributed by atoms with Gasteiger partial charge in [0.2, 0.25) is 0 Å². The van der Waals surface area contributed by atoms with Gasteiger partial charge in [-0.3, -0.25) is 0 Å². The Labute approximate surface area is 109 Å². The van der Waals surface area contributed by atoms with Crippen LogP contribution in [0, 0.1) is 0 Å². The van der Waals surface area contributed by atoms with Gasteiger partial charge in [-0.25, -0.2) is 0 Å². The number of furan rings is 1. The molecule has 3 nitrogen and oxygen atoms in total. The van der Waals surface area contributed by atoms with Crippen molar-refractivity contribution in [2.45, 2.75) is 13.2 Å². The Hall–Kier alpha value is -1.26. The first-order valence-corrected chi connectivity index (χ1v) is 6.13. The lowest BCUT2D eigenvalue weighted by Gasteiger charge is -2.10. The lowest BCUT2D eigenvalue weighted by molar-refractivity contribution is 0.185. The van der Waals surface area contributed by atoms with Crippen LogP contribution in [0.3, 0.4) is 0 Å². The molecule has 0 saturated carbocycles. The van der Waals surface area contributed by atoms with E-state index in [1.807, 2.05) is 30.3 Å². The number of nitrogens with one attached hydrogen (secondary N) is 1. The van der Waals surface area contributed by atoms with Crippen LogP contribution in [0.15, 0.2) is 45.5 Å². The fourth-order valence-corrected chi connectivity index (χ4v) is 1.94. The van der Waals surface area contributed by atoms with Crippen LogP contribution in [-0.4, -0.2) is 7.11 Å². The lowest BCUT2D eigenvalue weighted by Crippen LogP contribution is -2.02. The molecule has 0 spiro atoms. The van der Waals surface area contributed by atoms with E-state index >= 15 is 0 Å². The Morgan fingerprint density at radius 3 is 2.82 bits per heavy atom. The summed E-state index contributed by atoms with van der Waals surface area (Å²) in [6.07, 6.45) is 1.67. The maximum atomic E-state index is 5.35. The largest absolute Gasteiger partial charge is 0.466 e. The van der Waals surface area contributed by atoms with Gasteiger partial charge in [-0.15, -0.1) is 0 Å². The van der Waals surface area contributed by atoms with Gasteiger partial charge in [0.1, 0.15) is 5.76 Å². The van der Waals surface area contributed by atoms with Crippen LogP contribution in [0.4, 0.5) is 5.69 Å². The lowest BCUT2D eigenvalue weighted by atomic mass is 10.2. The van der Waals surface area contributed by atoms with Gasteiger partial charge in [-0.2, -0.15) is 0 Å². The van der Waals surface area contributed by atoms with Crippen molar-refractivity contribution in [2.75, 3.05) is 12.4 Å². The number of benzene rings is 1. The van der Waals surface area contributed by atoms with Crippen LogP contribution in [0.2, 0.25) is 0 Å². The van der Waals surface area contributed by atoms with Crippen molar-refractivity contribution in [1.29, 1.82) is 0 Å². The molecule has 0 amide bonds. The molecule has 0 unspecified atom stereocenters. The molecule has 4 heteroatoms. The number of para-hydroxylation sites is 1. The van der Waals surface area contributed by atoms with Gasteiger partial charge in [-0.05, 0) is 28.1 Å². The average molecular weight is 296 g/mol. The first kappa shape index (κ1) is 12.2. The molecule has 1 aromatic heterocycles. The molecule has 2 aromatic rings. The third kappa shape index (κ3) is 3.11. The van der Waals surface area contributed by atoms with Gasteiger partial charge in [0.25, 0.3) is 0 Å². The molecule has 0 bridgehead atoms. The standard InChI is InChI=1S/C13H14BrNO2/c1-16-9-10-4-2-3-5-12(10)15-8-13-11(14)6-7-17-13/h2-7,15H,8-9H2,1H3. The molecule has 1 N–H and O–H groups in total. The predicted octanol–water partition coefficient (Wildman–Crippen LogP) is 3.80. The van der Waals surface area contributed by atoms with Crippen molar-refractivity contribution >= 4 is 21.6 Å². The molecular weight excluding hydrogens is 282 g/mol. The number of methoxy groups -OCH3 is 1. The average Bonchev–Trinajstić information content (AvgIpc) is 2.74. The summed E-state index contributed by atoms with van der Waals surface area (Å²) in [5, 5.41) is 3.34. The van der Waals surface area contributed by atoms with Crippen LogP contribution < -0.4 is 5.32 Å². The minimum atomic E-state index is 0.600. The minimum Gasteiger partial charge on any atom is -0.466 e. The van der Waals surface area contributed by atoms with E-state index in [2.05, 4.69) is 21.2 Å². The normalized spacial score (nSPS) is 10.5. The Bertz CT molecular complexity index is 482. The van der Waals surface area contributed by atoms with Gasteiger partial charge >= 0.3 is 0 Å². The first-order valence-electron chi connectivity index (χ1n) is 5.34. The molecule has 0 radical (unpaired) electrons. The number of hydrogen-bond donors (Lipinski definition) is 1. The smallest absolute Gasteiger partial charge is 0.136 e. The zero-order chi connectivity index (χ0) is 12.1. The van der Waals surface area contributed by atoms with Crippen LogP contribution in [-0.2, 0) is 17.9 Å². The molecule has 1 aromatic carbocycles. The number of ether oxygens (including phenoxy) is 1. The molecule has 0 fully saturated rings. The minimum absolute atomic E-state index is 0.600. The molecule has 0 aliphatic heterocycles. The first-order chi connectivity index (χ1) is 8.31. The summed E-state index contributed by atoms with van der Waals surface area (Å²) < 4.78 is 11.5. The maximum Gasteiger partial charge on any atom is 0.136 e. The number of halogens is 1. The van der Waals surface area contributed by atoms with Gasteiger partial charge in [0, 0.05) is 18.4 Å². The van der Waals surface area contributed by atoms with Crippen LogP contribution >= 0.6 is 15.9 Å². The fourth-order valence-electron chi connectivity index (χ4n) is 1.60. The van der Waals surface area contributed by atoms with Crippen molar-refractivity contribution in [2.24, 2.45) is 0 Å². The highest BCUT2D eigenvalue weighted by Gasteiger charge is 2.05. The van der Waals surface area contributed by atoms with Crippen molar-refractivity contribution in [3.63, 3.8) is 0 Å². The molecule has 0 saturated heterocycles. The SMILES string of the molecule is COCc1ccccc1NCc1occc1Br. The zero-order valence-electron chi connectivity index (χ0n) is 9.57. The summed E-state index contributed by atoms with van der Waals surface area (Å²) in [4.78, 5) is 0. The Morgan fingerprint density at radius 2 is 2.12 bits per heavy atom. The summed E-state index contributed by atoms with van der Waals surface area (Å²) in [7, 11) is 1.69. The third-order valence-corrected chi connectivity index (χ3v) is 3.15. The highest BCUT2D eigenvalue weighted by Crippen LogP contribution is 2.21. The topological polar surface area (TPSA) is 34.4 Å². The van der Waals surface area contributed by atoms with E-state index in [0.717, 1.165) is 21.5 Å². The van der Waals surface area contributed by atoms with E-state index in [9.17, 15) is 0 Å². The fraction of sp³-hybridized carbons (Fsp3) is 0.231. The van der Waals surface area contributed by atoms with E-state index < -0.39 is 0 Å². The summed E-state index contributed by atoms with van der Waals surface area (Å²) in [6, 6.07) is 9.97. The van der Waals surface area contributed by atoms with Crippen LogP contribution in [0.5, 0.6) is 0 Å². The molecule has 0 aliphatic carbocycles. The number of anilines is 1. The molecule has 2 rings (SSSR count). The molecule has 0 aliphatic rings. The molecule has 1 heterocycles. The Morgan fingerprint density at radius 1 is 1.29 bits per heavy atom. The van der Waals surface area contributed by atoms with E-state index in [4.69, 9.17) is 9.15 Å². The maximum absolute atomic E-state index is 5.35. The zero-order valence-corrected chi connectivity index (χ0v) is 11.2. The summed E-state index contributed by atoms with van der Waals surface area (Å²) in [6.45, 7) is 1.25. The quantitative estimate of drug-likeness (QED) is 0.911. The van der Waals surface area contributed by atoms with Crippen molar-refractivity contribution < 1.29 is 9.15 Å².